The van der Waals surface area contributed by atoms with Crippen molar-refractivity contribution in [3.8, 4) is 5.75 Å². The van der Waals surface area contributed by atoms with Crippen LogP contribution in [0.1, 0.15) is 45.4 Å². The molecule has 0 amide bonds. The number of azo groups is 1. The molecule has 24 heavy (non-hydrogen) atoms. The normalized spacial score (nSPS) is 11.3. The van der Waals surface area contributed by atoms with Gasteiger partial charge in [-0.05, 0) is 31.9 Å². The van der Waals surface area contributed by atoms with Crippen LogP contribution in [0.15, 0.2) is 28.4 Å². The van der Waals surface area contributed by atoms with E-state index in [0.717, 1.165) is 44.5 Å². The van der Waals surface area contributed by atoms with Crippen molar-refractivity contribution in [2.75, 3.05) is 18.0 Å². The molecule has 0 saturated heterocycles. The molecule has 0 saturated carbocycles. The van der Waals surface area contributed by atoms with Gasteiger partial charge in [0.1, 0.15) is 17.3 Å². The molecule has 1 heterocycles. The molecular formula is C17H26N6O. The van der Waals surface area contributed by atoms with E-state index in [9.17, 15) is 5.11 Å². The van der Waals surface area contributed by atoms with Crippen LogP contribution in [0.25, 0.3) is 0 Å². The van der Waals surface area contributed by atoms with Crippen molar-refractivity contribution in [3.05, 3.63) is 24.0 Å². The second kappa shape index (κ2) is 9.00. The maximum atomic E-state index is 10.2. The highest BCUT2D eigenvalue weighted by Gasteiger charge is 2.09. The van der Waals surface area contributed by atoms with Crippen LogP contribution in [0.3, 0.4) is 0 Å². The summed E-state index contributed by atoms with van der Waals surface area (Å²) in [5.41, 5.74) is 1.43. The lowest BCUT2D eigenvalue weighted by Crippen LogP contribution is -2.25. The lowest BCUT2D eigenvalue weighted by Gasteiger charge is -2.25. The maximum Gasteiger partial charge on any atom is 0.287 e. The number of nitrogens with one attached hydrogen (secondary N) is 1. The number of unbranched alkanes of at least 4 members (excludes halogenated alkanes) is 2. The molecule has 0 atom stereocenters. The molecule has 0 radical (unpaired) electrons. The zero-order valence-corrected chi connectivity index (χ0v) is 14.7. The number of hydrogen-bond donors (Lipinski definition) is 2. The third kappa shape index (κ3) is 5.04. The van der Waals surface area contributed by atoms with Crippen molar-refractivity contribution < 1.29 is 5.11 Å². The highest BCUT2D eigenvalue weighted by molar-refractivity contribution is 5.61. The number of phenols is 1. The Morgan fingerprint density at radius 3 is 2.38 bits per heavy atom. The van der Waals surface area contributed by atoms with Crippen molar-refractivity contribution in [2.45, 2.75) is 46.5 Å². The van der Waals surface area contributed by atoms with Gasteiger partial charge in [0.15, 0.2) is 0 Å². The topological polar surface area (TPSA) is 89.8 Å². The number of aryl methyl sites for hydroxylation is 1. The summed E-state index contributed by atoms with van der Waals surface area (Å²) in [5.74, 6) is 1.04. The lowest BCUT2D eigenvalue weighted by atomic mass is 10.2. The standard InChI is InChI=1S/C17H26N6O/c1-4-6-10-23(11-7-5-2)14-8-9-15(16(24)12-14)20-22-17-18-13(3)19-21-17/h8-9,12,24H,4-7,10-11H2,1-3H3,(H,18,19,21). The van der Waals surface area contributed by atoms with Crippen molar-refractivity contribution >= 4 is 17.3 Å². The molecule has 130 valence electrons. The Hall–Kier alpha value is -2.44. The number of aromatic hydroxyl groups is 1. The van der Waals surface area contributed by atoms with E-state index in [1.54, 1.807) is 19.1 Å². The number of anilines is 1. The summed E-state index contributed by atoms with van der Waals surface area (Å²) in [6.07, 6.45) is 4.57. The number of H-pyrrole nitrogens is 1. The molecule has 2 aromatic rings. The Bertz CT molecular complexity index is 659. The Morgan fingerprint density at radius 2 is 1.83 bits per heavy atom. The molecule has 0 unspecified atom stereocenters. The zero-order valence-electron chi connectivity index (χ0n) is 14.7. The summed E-state index contributed by atoms with van der Waals surface area (Å²) in [7, 11) is 0. The first-order valence-corrected chi connectivity index (χ1v) is 8.52. The van der Waals surface area contributed by atoms with Gasteiger partial charge >= 0.3 is 0 Å². The molecule has 0 bridgehead atoms. The van der Waals surface area contributed by atoms with Crippen LogP contribution < -0.4 is 4.90 Å². The Labute approximate surface area is 142 Å². The van der Waals surface area contributed by atoms with E-state index in [1.165, 1.54) is 0 Å². The van der Waals surface area contributed by atoms with Crippen LogP contribution in [-0.4, -0.2) is 33.4 Å². The van der Waals surface area contributed by atoms with Crippen molar-refractivity contribution in [3.63, 3.8) is 0 Å². The zero-order chi connectivity index (χ0) is 17.4. The minimum Gasteiger partial charge on any atom is -0.506 e. The summed E-state index contributed by atoms with van der Waals surface area (Å²) >= 11 is 0. The first kappa shape index (κ1) is 17.9. The average molecular weight is 330 g/mol. The van der Waals surface area contributed by atoms with E-state index in [-0.39, 0.29) is 11.7 Å². The fourth-order valence-corrected chi connectivity index (χ4v) is 2.34. The molecular weight excluding hydrogens is 304 g/mol. The quantitative estimate of drug-likeness (QED) is 0.655. The van der Waals surface area contributed by atoms with E-state index in [0.29, 0.717) is 11.5 Å². The number of nitrogens with zero attached hydrogens (tertiary/aromatic N) is 5. The van der Waals surface area contributed by atoms with Gasteiger partial charge in [-0.25, -0.2) is 0 Å². The first-order chi connectivity index (χ1) is 11.6. The van der Waals surface area contributed by atoms with Crippen molar-refractivity contribution in [1.82, 2.24) is 15.2 Å². The molecule has 1 aromatic heterocycles. The predicted molar refractivity (Wildman–Crippen MR) is 95.4 cm³/mol. The molecule has 0 aliphatic rings. The number of hydrogen-bond acceptors (Lipinski definition) is 6. The molecule has 0 aliphatic heterocycles. The summed E-state index contributed by atoms with van der Waals surface area (Å²) in [5, 5.41) is 24.8. The fourth-order valence-electron chi connectivity index (χ4n) is 2.34. The molecule has 7 heteroatoms. The van der Waals surface area contributed by atoms with Crippen molar-refractivity contribution in [2.24, 2.45) is 10.2 Å². The van der Waals surface area contributed by atoms with Gasteiger partial charge in [-0.3, -0.25) is 5.10 Å². The van der Waals surface area contributed by atoms with Crippen LogP contribution in [0, 0.1) is 6.92 Å². The van der Waals surface area contributed by atoms with Gasteiger partial charge in [0.2, 0.25) is 0 Å². The molecule has 0 fully saturated rings. The second-order valence-electron chi connectivity index (χ2n) is 5.79. The lowest BCUT2D eigenvalue weighted by molar-refractivity contribution is 0.476. The molecule has 0 aliphatic carbocycles. The maximum absolute atomic E-state index is 10.2. The second-order valence-corrected chi connectivity index (χ2v) is 5.79. The summed E-state index contributed by atoms with van der Waals surface area (Å²) < 4.78 is 0. The van der Waals surface area contributed by atoms with Crippen LogP contribution in [-0.2, 0) is 0 Å². The monoisotopic (exact) mass is 330 g/mol. The third-order valence-corrected chi connectivity index (χ3v) is 3.72. The molecule has 7 nitrogen and oxygen atoms in total. The van der Waals surface area contributed by atoms with Gasteiger partial charge in [0, 0.05) is 24.8 Å². The minimum atomic E-state index is 0.113. The smallest absolute Gasteiger partial charge is 0.287 e. The van der Waals surface area contributed by atoms with Crippen molar-refractivity contribution in [1.29, 1.82) is 0 Å². The first-order valence-electron chi connectivity index (χ1n) is 8.52. The van der Waals surface area contributed by atoms with Gasteiger partial charge in [-0.1, -0.05) is 26.7 Å². The van der Waals surface area contributed by atoms with Crippen LogP contribution in [0.5, 0.6) is 5.75 Å². The van der Waals surface area contributed by atoms with Gasteiger partial charge in [-0.2, -0.15) is 4.98 Å². The number of aromatic nitrogens is 3. The van der Waals surface area contributed by atoms with Gasteiger partial charge in [0.25, 0.3) is 5.95 Å². The van der Waals surface area contributed by atoms with Gasteiger partial charge in [0.05, 0.1) is 0 Å². The van der Waals surface area contributed by atoms with E-state index in [4.69, 9.17) is 0 Å². The van der Waals surface area contributed by atoms with Crippen LogP contribution >= 0.6 is 0 Å². The molecule has 0 spiro atoms. The Balaban J connectivity index is 2.12. The number of rotatable bonds is 9. The number of aromatic amines is 1. The largest absolute Gasteiger partial charge is 0.506 e. The van der Waals surface area contributed by atoms with E-state index >= 15 is 0 Å². The highest BCUT2D eigenvalue weighted by atomic mass is 16.3. The molecule has 2 rings (SSSR count). The van der Waals surface area contributed by atoms with Crippen LogP contribution in [0.4, 0.5) is 17.3 Å². The number of benzene rings is 1. The van der Waals surface area contributed by atoms with Crippen LogP contribution in [0.2, 0.25) is 0 Å². The molecule has 2 N–H and O–H groups in total. The van der Waals surface area contributed by atoms with E-state index in [1.807, 2.05) is 6.07 Å². The minimum absolute atomic E-state index is 0.113. The number of phenolic OH excluding ortho intramolecular Hbond substituents is 1. The summed E-state index contributed by atoms with van der Waals surface area (Å²) in [6.45, 7) is 8.15. The Morgan fingerprint density at radius 1 is 1.12 bits per heavy atom. The average Bonchev–Trinajstić information content (AvgIpc) is 2.99. The van der Waals surface area contributed by atoms with E-state index in [2.05, 4.69) is 44.2 Å². The predicted octanol–water partition coefficient (Wildman–Crippen LogP) is 4.64. The van der Waals surface area contributed by atoms with Gasteiger partial charge in [-0.15, -0.1) is 15.3 Å². The highest BCUT2D eigenvalue weighted by Crippen LogP contribution is 2.32. The SMILES string of the molecule is CCCCN(CCCC)c1ccc(N=Nc2n[nH]c(C)n2)c(O)c1. The van der Waals surface area contributed by atoms with Gasteiger partial charge < -0.3 is 10.0 Å². The van der Waals surface area contributed by atoms with E-state index < -0.39 is 0 Å². The third-order valence-electron chi connectivity index (χ3n) is 3.72. The molecule has 1 aromatic carbocycles. The Kier molecular flexibility index (Phi) is 6.72. The summed E-state index contributed by atoms with van der Waals surface area (Å²) in [6, 6.07) is 5.50. The fraction of sp³-hybridized carbons (Fsp3) is 0.529. The summed E-state index contributed by atoms with van der Waals surface area (Å²) in [4.78, 5) is 6.36.